The smallest absolute Gasteiger partial charge is 0.251 e. The number of phenolic OH excluding ortho intramolecular Hbond substituents is 1. The Morgan fingerprint density at radius 2 is 2.00 bits per heavy atom. The van der Waals surface area contributed by atoms with E-state index in [2.05, 4.69) is 25.3 Å². The third kappa shape index (κ3) is 5.06. The largest absolute Gasteiger partial charge is 0.508 e. The van der Waals surface area contributed by atoms with Crippen LogP contribution in [0.25, 0.3) is 0 Å². The third-order valence-electron chi connectivity index (χ3n) is 4.49. The minimum absolute atomic E-state index is 0.195. The Kier molecular flexibility index (Phi) is 6.09. The Bertz CT molecular complexity index is 1020. The Labute approximate surface area is 173 Å². The van der Waals surface area contributed by atoms with Crippen molar-refractivity contribution in [3.05, 3.63) is 60.3 Å². The van der Waals surface area contributed by atoms with Crippen molar-refractivity contribution in [2.75, 3.05) is 36.5 Å². The molecule has 0 atom stereocenters. The highest BCUT2D eigenvalue weighted by molar-refractivity contribution is 5.65. The molecule has 154 valence electrons. The number of halogens is 1. The van der Waals surface area contributed by atoms with E-state index < -0.39 is 5.82 Å². The van der Waals surface area contributed by atoms with Crippen LogP contribution in [0.4, 0.5) is 27.5 Å². The SMILES string of the molecule is Oc1cccc(Nc2ccc(C/C=N/c3ncc(F)c(N4CCOCC4)n3)nc2)c1. The van der Waals surface area contributed by atoms with Crippen molar-refractivity contribution in [2.24, 2.45) is 4.99 Å². The van der Waals surface area contributed by atoms with Gasteiger partial charge in [-0.25, -0.2) is 14.4 Å². The number of benzene rings is 1. The minimum atomic E-state index is -0.465. The van der Waals surface area contributed by atoms with Crippen LogP contribution in [0.3, 0.4) is 0 Å². The fourth-order valence-corrected chi connectivity index (χ4v) is 3.00. The summed E-state index contributed by atoms with van der Waals surface area (Å²) in [5, 5.41) is 12.7. The summed E-state index contributed by atoms with van der Waals surface area (Å²) in [6.07, 6.45) is 4.99. The Morgan fingerprint density at radius 1 is 1.13 bits per heavy atom. The minimum Gasteiger partial charge on any atom is -0.508 e. The molecule has 0 unspecified atom stereocenters. The highest BCUT2D eigenvalue weighted by Gasteiger charge is 2.17. The normalized spacial score (nSPS) is 14.2. The van der Waals surface area contributed by atoms with Crippen LogP contribution in [0.2, 0.25) is 0 Å². The van der Waals surface area contributed by atoms with Crippen LogP contribution in [0.15, 0.2) is 53.8 Å². The van der Waals surface area contributed by atoms with E-state index in [4.69, 9.17) is 4.74 Å². The molecule has 1 aliphatic rings. The van der Waals surface area contributed by atoms with Crippen molar-refractivity contribution in [1.82, 2.24) is 15.0 Å². The number of aromatic nitrogens is 3. The van der Waals surface area contributed by atoms with Crippen molar-refractivity contribution >= 4 is 29.4 Å². The van der Waals surface area contributed by atoms with Crippen molar-refractivity contribution in [3.63, 3.8) is 0 Å². The lowest BCUT2D eigenvalue weighted by molar-refractivity contribution is 0.122. The van der Waals surface area contributed by atoms with Gasteiger partial charge in [0.15, 0.2) is 11.6 Å². The van der Waals surface area contributed by atoms with Crippen LogP contribution in [0.5, 0.6) is 5.75 Å². The predicted molar refractivity (Wildman–Crippen MR) is 113 cm³/mol. The average molecular weight is 408 g/mol. The number of hydrogen-bond acceptors (Lipinski definition) is 8. The van der Waals surface area contributed by atoms with Gasteiger partial charge in [0.2, 0.25) is 0 Å². The van der Waals surface area contributed by atoms with Crippen LogP contribution in [-0.2, 0) is 11.2 Å². The van der Waals surface area contributed by atoms with Gasteiger partial charge in [0.05, 0.1) is 31.3 Å². The molecule has 2 N–H and O–H groups in total. The van der Waals surface area contributed by atoms with Gasteiger partial charge in [0.25, 0.3) is 5.95 Å². The summed E-state index contributed by atoms with van der Waals surface area (Å²) in [5.41, 5.74) is 2.39. The number of pyridine rings is 1. The zero-order valence-electron chi connectivity index (χ0n) is 16.2. The molecule has 4 rings (SSSR count). The number of anilines is 3. The van der Waals surface area contributed by atoms with Crippen LogP contribution < -0.4 is 10.2 Å². The fourth-order valence-electron chi connectivity index (χ4n) is 3.00. The van der Waals surface area contributed by atoms with Gasteiger partial charge in [-0.15, -0.1) is 0 Å². The molecule has 0 amide bonds. The number of nitrogens with zero attached hydrogens (tertiary/aromatic N) is 5. The van der Waals surface area contributed by atoms with E-state index in [1.165, 1.54) is 0 Å². The lowest BCUT2D eigenvalue weighted by Crippen LogP contribution is -2.37. The maximum absolute atomic E-state index is 14.1. The molecule has 8 nitrogen and oxygen atoms in total. The molecule has 1 aliphatic heterocycles. The zero-order chi connectivity index (χ0) is 20.8. The lowest BCUT2D eigenvalue weighted by Gasteiger charge is -2.27. The predicted octanol–water partition coefficient (Wildman–Crippen LogP) is 3.24. The number of aromatic hydroxyl groups is 1. The number of morpholine rings is 1. The summed E-state index contributed by atoms with van der Waals surface area (Å²) in [5.74, 6) is 0.189. The summed E-state index contributed by atoms with van der Waals surface area (Å²) in [6, 6.07) is 10.6. The zero-order valence-corrected chi connectivity index (χ0v) is 16.2. The molecule has 0 aliphatic carbocycles. The van der Waals surface area contributed by atoms with E-state index >= 15 is 0 Å². The van der Waals surface area contributed by atoms with Crippen LogP contribution >= 0.6 is 0 Å². The second-order valence-electron chi connectivity index (χ2n) is 6.67. The first kappa shape index (κ1) is 19.7. The van der Waals surface area contributed by atoms with Crippen molar-refractivity contribution < 1.29 is 14.2 Å². The van der Waals surface area contributed by atoms with E-state index in [1.54, 1.807) is 30.6 Å². The second kappa shape index (κ2) is 9.27. The van der Waals surface area contributed by atoms with E-state index in [0.717, 1.165) is 23.3 Å². The second-order valence-corrected chi connectivity index (χ2v) is 6.67. The molecule has 0 radical (unpaired) electrons. The first-order valence-electron chi connectivity index (χ1n) is 9.56. The van der Waals surface area contributed by atoms with Gasteiger partial charge in [-0.3, -0.25) is 4.98 Å². The molecular weight excluding hydrogens is 387 g/mol. The quantitative estimate of drug-likeness (QED) is 0.605. The Hall–Kier alpha value is -3.59. The van der Waals surface area contributed by atoms with Gasteiger partial charge in [0, 0.05) is 43.2 Å². The maximum Gasteiger partial charge on any atom is 0.251 e. The molecule has 0 spiro atoms. The third-order valence-corrected chi connectivity index (χ3v) is 4.49. The molecule has 1 fully saturated rings. The monoisotopic (exact) mass is 408 g/mol. The average Bonchev–Trinajstić information content (AvgIpc) is 2.77. The number of nitrogens with one attached hydrogen (secondary N) is 1. The van der Waals surface area contributed by atoms with E-state index in [-0.39, 0.29) is 17.5 Å². The standard InChI is InChI=1S/C21H21FN6O2/c22-19-14-25-21(27-20(19)28-8-10-30-11-9-28)23-7-6-15-4-5-17(13-24-15)26-16-2-1-3-18(29)12-16/h1-5,7,12-14,26,29H,6,8-11H2/b23-7+. The fraction of sp³-hybridized carbons (Fsp3) is 0.238. The molecule has 0 saturated carbocycles. The summed E-state index contributed by atoms with van der Waals surface area (Å²) in [7, 11) is 0. The number of ether oxygens (including phenoxy) is 1. The van der Waals surface area contributed by atoms with Crippen LogP contribution in [-0.4, -0.2) is 52.6 Å². The van der Waals surface area contributed by atoms with Gasteiger partial charge in [-0.05, 0) is 24.3 Å². The summed E-state index contributed by atoms with van der Waals surface area (Å²) >= 11 is 0. The highest BCUT2D eigenvalue weighted by Crippen LogP contribution is 2.21. The summed E-state index contributed by atoms with van der Waals surface area (Å²) < 4.78 is 19.4. The van der Waals surface area contributed by atoms with E-state index in [0.29, 0.717) is 32.7 Å². The van der Waals surface area contributed by atoms with Crippen molar-refractivity contribution in [2.45, 2.75) is 6.42 Å². The maximum atomic E-state index is 14.1. The molecule has 3 aromatic rings. The Balaban J connectivity index is 1.37. The number of hydrogen-bond donors (Lipinski definition) is 2. The first-order chi connectivity index (χ1) is 14.7. The van der Waals surface area contributed by atoms with Crippen LogP contribution in [0.1, 0.15) is 5.69 Å². The first-order valence-corrected chi connectivity index (χ1v) is 9.56. The molecule has 0 bridgehead atoms. The molecule has 1 saturated heterocycles. The molecule has 2 aromatic heterocycles. The van der Waals surface area contributed by atoms with E-state index in [1.807, 2.05) is 23.1 Å². The molecule has 1 aromatic carbocycles. The van der Waals surface area contributed by atoms with E-state index in [9.17, 15) is 9.50 Å². The molecular formula is C21H21FN6O2. The lowest BCUT2D eigenvalue weighted by atomic mass is 10.2. The van der Waals surface area contributed by atoms with Crippen LogP contribution in [0, 0.1) is 5.82 Å². The van der Waals surface area contributed by atoms with Crippen molar-refractivity contribution in [1.29, 1.82) is 0 Å². The van der Waals surface area contributed by atoms with Gasteiger partial charge < -0.3 is 20.1 Å². The molecule has 30 heavy (non-hydrogen) atoms. The number of phenols is 1. The van der Waals surface area contributed by atoms with Crippen molar-refractivity contribution in [3.8, 4) is 5.75 Å². The molecule has 3 heterocycles. The van der Waals surface area contributed by atoms with Gasteiger partial charge >= 0.3 is 0 Å². The topological polar surface area (TPSA) is 95.8 Å². The highest BCUT2D eigenvalue weighted by atomic mass is 19.1. The van der Waals surface area contributed by atoms with Gasteiger partial charge in [-0.1, -0.05) is 6.07 Å². The van der Waals surface area contributed by atoms with Gasteiger partial charge in [0.1, 0.15) is 5.75 Å². The summed E-state index contributed by atoms with van der Waals surface area (Å²) in [6.45, 7) is 2.27. The number of rotatable bonds is 6. The Morgan fingerprint density at radius 3 is 2.77 bits per heavy atom. The number of aliphatic imine (C=N–C) groups is 1. The molecule has 9 heteroatoms. The van der Waals surface area contributed by atoms with Gasteiger partial charge in [-0.2, -0.15) is 4.98 Å². The summed E-state index contributed by atoms with van der Waals surface area (Å²) in [4.78, 5) is 18.6.